The van der Waals surface area contributed by atoms with Gasteiger partial charge in [-0.3, -0.25) is 4.79 Å². The average molecular weight is 359 g/mol. The van der Waals surface area contributed by atoms with Crippen LogP contribution in [0.25, 0.3) is 0 Å². The number of ether oxygens (including phenoxy) is 2. The predicted molar refractivity (Wildman–Crippen MR) is 104 cm³/mol. The van der Waals surface area contributed by atoms with E-state index in [4.69, 9.17) is 9.47 Å². The Morgan fingerprint density at radius 3 is 2.60 bits per heavy atom. The van der Waals surface area contributed by atoms with Crippen molar-refractivity contribution in [3.8, 4) is 11.5 Å². The fraction of sp³-hybridized carbons (Fsp3) is 0.350. The first-order chi connectivity index (χ1) is 12.0. The summed E-state index contributed by atoms with van der Waals surface area (Å²) in [5.41, 5.74) is 1.33. The van der Waals surface area contributed by atoms with Gasteiger partial charge in [0.2, 0.25) is 0 Å². The molecule has 0 saturated heterocycles. The molecule has 0 fully saturated rings. The summed E-state index contributed by atoms with van der Waals surface area (Å²) in [5.74, 6) is 1.62. The number of benzene rings is 2. The van der Waals surface area contributed by atoms with E-state index in [0.717, 1.165) is 17.0 Å². The van der Waals surface area contributed by atoms with Crippen LogP contribution in [-0.4, -0.2) is 25.9 Å². The van der Waals surface area contributed by atoms with Crippen LogP contribution in [0.5, 0.6) is 11.5 Å². The second-order valence-electron chi connectivity index (χ2n) is 6.05. The van der Waals surface area contributed by atoms with Crippen LogP contribution in [0.3, 0.4) is 0 Å². The predicted octanol–water partition coefficient (Wildman–Crippen LogP) is 5.09. The van der Waals surface area contributed by atoms with Gasteiger partial charge in [0.15, 0.2) is 11.5 Å². The van der Waals surface area contributed by atoms with Gasteiger partial charge in [-0.1, -0.05) is 26.0 Å². The maximum atomic E-state index is 12.5. The van der Waals surface area contributed by atoms with Crippen molar-refractivity contribution in [2.75, 3.05) is 25.3 Å². The molecular formula is C20H25NO3S. The lowest BCUT2D eigenvalue weighted by Crippen LogP contribution is -2.13. The molecule has 0 aromatic heterocycles. The standard InChI is InChI=1S/C20H25NO3S/c1-14(2)11-12-24-17-10-9-15(13-18(17)23-3)20(22)21-16-7-5-6-8-19(16)25-4/h5-10,13-14H,11-12H2,1-4H3,(H,21,22). The highest BCUT2D eigenvalue weighted by Gasteiger charge is 2.13. The second kappa shape index (κ2) is 9.37. The van der Waals surface area contributed by atoms with E-state index in [1.165, 1.54) is 0 Å². The van der Waals surface area contributed by atoms with Gasteiger partial charge in [0.1, 0.15) is 0 Å². The number of carbonyl (C=O) groups excluding carboxylic acids is 1. The van der Waals surface area contributed by atoms with Crippen LogP contribution < -0.4 is 14.8 Å². The lowest BCUT2D eigenvalue weighted by atomic mass is 10.1. The van der Waals surface area contributed by atoms with Crippen molar-refractivity contribution in [2.45, 2.75) is 25.2 Å². The monoisotopic (exact) mass is 359 g/mol. The van der Waals surface area contributed by atoms with Crippen LogP contribution in [0.1, 0.15) is 30.6 Å². The van der Waals surface area contributed by atoms with Gasteiger partial charge in [-0.25, -0.2) is 0 Å². The topological polar surface area (TPSA) is 47.6 Å². The Kier molecular flexibility index (Phi) is 7.19. The molecule has 0 saturated carbocycles. The Hall–Kier alpha value is -2.14. The average Bonchev–Trinajstić information content (AvgIpc) is 2.62. The molecule has 0 heterocycles. The second-order valence-corrected chi connectivity index (χ2v) is 6.90. The van der Waals surface area contributed by atoms with E-state index >= 15 is 0 Å². The molecule has 1 amide bonds. The molecular weight excluding hydrogens is 334 g/mol. The zero-order valence-corrected chi connectivity index (χ0v) is 16.0. The lowest BCUT2D eigenvalue weighted by Gasteiger charge is -2.14. The highest BCUT2D eigenvalue weighted by Crippen LogP contribution is 2.30. The van der Waals surface area contributed by atoms with E-state index in [1.807, 2.05) is 30.5 Å². The Labute approximate surface area is 153 Å². The number of hydrogen-bond donors (Lipinski definition) is 1. The number of rotatable bonds is 8. The Balaban J connectivity index is 2.12. The van der Waals surface area contributed by atoms with E-state index in [-0.39, 0.29) is 5.91 Å². The molecule has 134 valence electrons. The molecule has 0 spiro atoms. The van der Waals surface area contributed by atoms with Crippen molar-refractivity contribution in [2.24, 2.45) is 5.92 Å². The van der Waals surface area contributed by atoms with Crippen molar-refractivity contribution in [1.82, 2.24) is 0 Å². The van der Waals surface area contributed by atoms with Crippen LogP contribution in [0, 0.1) is 5.92 Å². The molecule has 1 N–H and O–H groups in total. The lowest BCUT2D eigenvalue weighted by molar-refractivity contribution is 0.102. The minimum Gasteiger partial charge on any atom is -0.493 e. The molecule has 0 aliphatic heterocycles. The summed E-state index contributed by atoms with van der Waals surface area (Å²) >= 11 is 1.59. The Bertz CT molecular complexity index is 716. The fourth-order valence-electron chi connectivity index (χ4n) is 2.28. The van der Waals surface area contributed by atoms with Gasteiger partial charge in [0.05, 0.1) is 19.4 Å². The van der Waals surface area contributed by atoms with Crippen molar-refractivity contribution in [3.63, 3.8) is 0 Å². The summed E-state index contributed by atoms with van der Waals surface area (Å²) in [5, 5.41) is 2.95. The van der Waals surface area contributed by atoms with Gasteiger partial charge in [0, 0.05) is 10.5 Å². The van der Waals surface area contributed by atoms with Crippen LogP contribution in [0.15, 0.2) is 47.4 Å². The number of anilines is 1. The molecule has 0 bridgehead atoms. The minimum atomic E-state index is -0.173. The zero-order valence-electron chi connectivity index (χ0n) is 15.2. The fourth-order valence-corrected chi connectivity index (χ4v) is 2.83. The smallest absolute Gasteiger partial charge is 0.255 e. The van der Waals surface area contributed by atoms with Crippen molar-refractivity contribution in [3.05, 3.63) is 48.0 Å². The molecule has 2 rings (SSSR count). The van der Waals surface area contributed by atoms with Crippen LogP contribution in [-0.2, 0) is 0 Å². The maximum Gasteiger partial charge on any atom is 0.255 e. The minimum absolute atomic E-state index is 0.173. The van der Waals surface area contributed by atoms with Crippen molar-refractivity contribution in [1.29, 1.82) is 0 Å². The molecule has 4 nitrogen and oxygen atoms in total. The van der Waals surface area contributed by atoms with Crippen LogP contribution in [0.2, 0.25) is 0 Å². The molecule has 0 aliphatic rings. The zero-order chi connectivity index (χ0) is 18.2. The molecule has 2 aromatic carbocycles. The molecule has 0 aliphatic carbocycles. The summed E-state index contributed by atoms with van der Waals surface area (Å²) < 4.78 is 11.1. The highest BCUT2D eigenvalue weighted by molar-refractivity contribution is 7.98. The number of para-hydroxylation sites is 1. The molecule has 2 aromatic rings. The van der Waals surface area contributed by atoms with Crippen LogP contribution in [0.4, 0.5) is 5.69 Å². The summed E-state index contributed by atoms with van der Waals surface area (Å²) in [4.78, 5) is 13.6. The molecule has 0 radical (unpaired) electrons. The number of methoxy groups -OCH3 is 1. The van der Waals surface area contributed by atoms with Crippen molar-refractivity contribution >= 4 is 23.4 Å². The number of thioether (sulfide) groups is 1. The van der Waals surface area contributed by atoms with Gasteiger partial charge in [-0.15, -0.1) is 11.8 Å². The summed E-state index contributed by atoms with van der Waals surface area (Å²) in [6, 6.07) is 13.0. The van der Waals surface area contributed by atoms with Gasteiger partial charge >= 0.3 is 0 Å². The van der Waals surface area contributed by atoms with E-state index < -0.39 is 0 Å². The normalized spacial score (nSPS) is 10.6. The maximum absolute atomic E-state index is 12.5. The van der Waals surface area contributed by atoms with Gasteiger partial charge in [-0.05, 0) is 48.9 Å². The first kappa shape index (κ1) is 19.2. The third-order valence-electron chi connectivity index (χ3n) is 3.73. The third-order valence-corrected chi connectivity index (χ3v) is 4.53. The molecule has 0 atom stereocenters. The number of nitrogens with one attached hydrogen (secondary N) is 1. The van der Waals surface area contributed by atoms with Gasteiger partial charge in [-0.2, -0.15) is 0 Å². The first-order valence-electron chi connectivity index (χ1n) is 8.30. The SMILES string of the molecule is COc1cc(C(=O)Nc2ccccc2SC)ccc1OCCC(C)C. The van der Waals surface area contributed by atoms with E-state index in [0.29, 0.717) is 29.6 Å². The van der Waals surface area contributed by atoms with Crippen LogP contribution >= 0.6 is 11.8 Å². The number of carbonyl (C=O) groups is 1. The molecule has 25 heavy (non-hydrogen) atoms. The summed E-state index contributed by atoms with van der Waals surface area (Å²) in [6.45, 7) is 4.93. The quantitative estimate of drug-likeness (QED) is 0.667. The first-order valence-corrected chi connectivity index (χ1v) is 9.52. The summed E-state index contributed by atoms with van der Waals surface area (Å²) in [7, 11) is 1.58. The number of hydrogen-bond acceptors (Lipinski definition) is 4. The Morgan fingerprint density at radius 2 is 1.92 bits per heavy atom. The third kappa shape index (κ3) is 5.43. The highest BCUT2D eigenvalue weighted by atomic mass is 32.2. The molecule has 0 unspecified atom stereocenters. The Morgan fingerprint density at radius 1 is 1.16 bits per heavy atom. The van der Waals surface area contributed by atoms with Gasteiger partial charge < -0.3 is 14.8 Å². The molecule has 5 heteroatoms. The van der Waals surface area contributed by atoms with E-state index in [1.54, 1.807) is 37.1 Å². The van der Waals surface area contributed by atoms with Crippen molar-refractivity contribution < 1.29 is 14.3 Å². The van der Waals surface area contributed by atoms with Gasteiger partial charge in [0.25, 0.3) is 5.91 Å². The number of amides is 1. The summed E-state index contributed by atoms with van der Waals surface area (Å²) in [6.07, 6.45) is 2.95. The van der Waals surface area contributed by atoms with E-state index in [9.17, 15) is 4.79 Å². The largest absolute Gasteiger partial charge is 0.493 e. The van der Waals surface area contributed by atoms with E-state index in [2.05, 4.69) is 19.2 Å².